The Morgan fingerprint density at radius 2 is 1.95 bits per heavy atom. The van der Waals surface area contributed by atoms with Crippen LogP contribution < -0.4 is 5.73 Å². The zero-order valence-corrected chi connectivity index (χ0v) is 10.0. The topological polar surface area (TPSA) is 75.6 Å². The molecule has 0 aliphatic rings. The van der Waals surface area contributed by atoms with Gasteiger partial charge in [0.05, 0.1) is 17.1 Å². The maximum atomic E-state index is 8.98. The molecule has 0 amide bonds. The van der Waals surface area contributed by atoms with Crippen LogP contribution in [-0.2, 0) is 0 Å². The lowest BCUT2D eigenvalue weighted by Gasteiger charge is -2.05. The smallest absolute Gasteiger partial charge is 0.116 e. The molecule has 0 atom stereocenters. The highest BCUT2D eigenvalue weighted by atomic mass is 14.8. The molecule has 3 rings (SSSR count). The van der Waals surface area contributed by atoms with E-state index in [2.05, 4.69) is 16.0 Å². The number of nitriles is 1. The number of nitrogens with two attached hydrogens (primary N) is 1. The summed E-state index contributed by atoms with van der Waals surface area (Å²) in [6.45, 7) is 0. The van der Waals surface area contributed by atoms with Gasteiger partial charge in [0, 0.05) is 17.3 Å². The molecule has 3 aromatic rings. The van der Waals surface area contributed by atoms with Crippen LogP contribution in [0.4, 0.5) is 5.69 Å². The van der Waals surface area contributed by atoms with Gasteiger partial charge in [0.1, 0.15) is 6.33 Å². The Labute approximate surface area is 110 Å². The van der Waals surface area contributed by atoms with E-state index in [4.69, 9.17) is 11.0 Å². The first-order chi connectivity index (χ1) is 9.26. The number of anilines is 1. The summed E-state index contributed by atoms with van der Waals surface area (Å²) in [6, 6.07) is 13.3. The van der Waals surface area contributed by atoms with Gasteiger partial charge in [-0.2, -0.15) is 5.26 Å². The lowest BCUT2D eigenvalue weighted by Crippen LogP contribution is -1.89. The zero-order chi connectivity index (χ0) is 13.2. The summed E-state index contributed by atoms with van der Waals surface area (Å²) in [5, 5.41) is 9.96. The quantitative estimate of drug-likeness (QED) is 0.670. The zero-order valence-electron chi connectivity index (χ0n) is 10.0. The molecule has 0 bridgehead atoms. The molecule has 1 heterocycles. The molecule has 2 N–H and O–H groups in total. The Kier molecular flexibility index (Phi) is 2.58. The van der Waals surface area contributed by atoms with Gasteiger partial charge in [0.25, 0.3) is 0 Å². The fourth-order valence-corrected chi connectivity index (χ4v) is 2.04. The number of hydrogen-bond donors (Lipinski definition) is 1. The van der Waals surface area contributed by atoms with Crippen molar-refractivity contribution < 1.29 is 0 Å². The van der Waals surface area contributed by atoms with E-state index in [1.165, 1.54) is 6.33 Å². The number of aromatic nitrogens is 2. The highest BCUT2D eigenvalue weighted by Crippen LogP contribution is 2.25. The summed E-state index contributed by atoms with van der Waals surface area (Å²) >= 11 is 0. The van der Waals surface area contributed by atoms with Crippen LogP contribution in [0.5, 0.6) is 0 Å². The van der Waals surface area contributed by atoms with Crippen LogP contribution in [0.3, 0.4) is 0 Å². The minimum atomic E-state index is 0.554. The lowest BCUT2D eigenvalue weighted by molar-refractivity contribution is 1.22. The number of nitrogens with zero attached hydrogens (tertiary/aromatic N) is 3. The van der Waals surface area contributed by atoms with Crippen LogP contribution in [-0.4, -0.2) is 9.97 Å². The molecule has 1 aromatic heterocycles. The fourth-order valence-electron chi connectivity index (χ4n) is 2.04. The molecular formula is C15H10N4. The molecule has 4 nitrogen and oxygen atoms in total. The Hall–Kier alpha value is -2.93. The van der Waals surface area contributed by atoms with Crippen molar-refractivity contribution in [3.05, 3.63) is 54.5 Å². The van der Waals surface area contributed by atoms with Crippen molar-refractivity contribution in [2.75, 3.05) is 5.73 Å². The van der Waals surface area contributed by atoms with Crippen LogP contribution in [0.2, 0.25) is 0 Å². The van der Waals surface area contributed by atoms with Crippen molar-refractivity contribution >= 4 is 16.6 Å². The molecular weight excluding hydrogens is 236 g/mol. The molecule has 0 aliphatic carbocycles. The van der Waals surface area contributed by atoms with Crippen LogP contribution >= 0.6 is 0 Å². The molecule has 0 fully saturated rings. The predicted molar refractivity (Wildman–Crippen MR) is 74.1 cm³/mol. The Morgan fingerprint density at radius 1 is 1.05 bits per heavy atom. The maximum absolute atomic E-state index is 8.98. The van der Waals surface area contributed by atoms with Crippen LogP contribution in [0.1, 0.15) is 5.56 Å². The molecule has 0 unspecified atom stereocenters. The standard InChI is InChI=1S/C15H10N4/c16-7-10-3-13(5-14(17)4-10)11-1-2-12-8-18-9-19-15(12)6-11/h1-6,8-9H,17H2. The van der Waals surface area contributed by atoms with Gasteiger partial charge >= 0.3 is 0 Å². The molecule has 0 spiro atoms. The molecule has 2 aromatic carbocycles. The number of rotatable bonds is 1. The van der Waals surface area contributed by atoms with E-state index in [9.17, 15) is 0 Å². The van der Waals surface area contributed by atoms with Gasteiger partial charge in [-0.05, 0) is 35.4 Å². The van der Waals surface area contributed by atoms with E-state index < -0.39 is 0 Å². The third-order valence-electron chi connectivity index (χ3n) is 2.93. The molecule has 0 aliphatic heterocycles. The summed E-state index contributed by atoms with van der Waals surface area (Å²) in [7, 11) is 0. The monoisotopic (exact) mass is 246 g/mol. The summed E-state index contributed by atoms with van der Waals surface area (Å²) in [4.78, 5) is 8.21. The van der Waals surface area contributed by atoms with Crippen molar-refractivity contribution in [1.82, 2.24) is 9.97 Å². The average molecular weight is 246 g/mol. The van der Waals surface area contributed by atoms with Gasteiger partial charge in [-0.25, -0.2) is 9.97 Å². The Morgan fingerprint density at radius 3 is 2.79 bits per heavy atom. The second kappa shape index (κ2) is 4.39. The van der Waals surface area contributed by atoms with E-state index in [0.717, 1.165) is 22.0 Å². The van der Waals surface area contributed by atoms with Gasteiger partial charge in [-0.3, -0.25) is 0 Å². The van der Waals surface area contributed by atoms with Crippen LogP contribution in [0, 0.1) is 11.3 Å². The van der Waals surface area contributed by atoms with E-state index in [0.29, 0.717) is 11.3 Å². The number of nitrogen functional groups attached to an aromatic ring is 1. The van der Waals surface area contributed by atoms with Gasteiger partial charge in [-0.1, -0.05) is 12.1 Å². The first kappa shape index (κ1) is 11.2. The molecule has 4 heteroatoms. The fraction of sp³-hybridized carbons (Fsp3) is 0. The van der Waals surface area contributed by atoms with Gasteiger partial charge < -0.3 is 5.73 Å². The molecule has 0 saturated carbocycles. The minimum absolute atomic E-state index is 0.554. The predicted octanol–water partition coefficient (Wildman–Crippen LogP) is 2.75. The van der Waals surface area contributed by atoms with Crippen LogP contribution in [0.25, 0.3) is 22.0 Å². The number of fused-ring (bicyclic) bond motifs is 1. The van der Waals surface area contributed by atoms with Crippen molar-refractivity contribution in [2.45, 2.75) is 0 Å². The maximum Gasteiger partial charge on any atom is 0.116 e. The molecule has 0 saturated heterocycles. The van der Waals surface area contributed by atoms with Crippen molar-refractivity contribution in [2.24, 2.45) is 0 Å². The van der Waals surface area contributed by atoms with E-state index >= 15 is 0 Å². The lowest BCUT2D eigenvalue weighted by atomic mass is 10.0. The van der Waals surface area contributed by atoms with E-state index in [-0.39, 0.29) is 0 Å². The Bertz CT molecular complexity index is 803. The normalized spacial score (nSPS) is 10.3. The molecule has 90 valence electrons. The molecule has 0 radical (unpaired) electrons. The van der Waals surface area contributed by atoms with E-state index in [1.807, 2.05) is 30.3 Å². The number of benzene rings is 2. The van der Waals surface area contributed by atoms with Crippen LogP contribution in [0.15, 0.2) is 48.9 Å². The largest absolute Gasteiger partial charge is 0.399 e. The summed E-state index contributed by atoms with van der Waals surface area (Å²) < 4.78 is 0. The second-order valence-corrected chi connectivity index (χ2v) is 4.25. The first-order valence-electron chi connectivity index (χ1n) is 5.77. The third-order valence-corrected chi connectivity index (χ3v) is 2.93. The van der Waals surface area contributed by atoms with E-state index in [1.54, 1.807) is 12.3 Å². The highest BCUT2D eigenvalue weighted by Gasteiger charge is 2.03. The molecule has 19 heavy (non-hydrogen) atoms. The number of hydrogen-bond acceptors (Lipinski definition) is 4. The van der Waals surface area contributed by atoms with Gasteiger partial charge in [0.15, 0.2) is 0 Å². The Balaban J connectivity index is 2.19. The summed E-state index contributed by atoms with van der Waals surface area (Å²) in [5.41, 5.74) is 9.71. The van der Waals surface area contributed by atoms with Crippen molar-refractivity contribution in [3.63, 3.8) is 0 Å². The highest BCUT2D eigenvalue weighted by molar-refractivity contribution is 5.84. The summed E-state index contributed by atoms with van der Waals surface area (Å²) in [5.74, 6) is 0. The minimum Gasteiger partial charge on any atom is -0.399 e. The third kappa shape index (κ3) is 2.09. The average Bonchev–Trinajstić information content (AvgIpc) is 2.46. The SMILES string of the molecule is N#Cc1cc(N)cc(-c2ccc3cncnc3c2)c1. The van der Waals surface area contributed by atoms with Gasteiger partial charge in [0.2, 0.25) is 0 Å². The van der Waals surface area contributed by atoms with Crippen molar-refractivity contribution in [3.8, 4) is 17.2 Å². The van der Waals surface area contributed by atoms with Crippen molar-refractivity contribution in [1.29, 1.82) is 5.26 Å². The second-order valence-electron chi connectivity index (χ2n) is 4.25. The first-order valence-corrected chi connectivity index (χ1v) is 5.77. The van der Waals surface area contributed by atoms with Gasteiger partial charge in [-0.15, -0.1) is 0 Å². The summed E-state index contributed by atoms with van der Waals surface area (Å²) in [6.07, 6.45) is 3.29.